The van der Waals surface area contributed by atoms with Crippen molar-refractivity contribution in [1.82, 2.24) is 4.90 Å². The van der Waals surface area contributed by atoms with Gasteiger partial charge in [-0.3, -0.25) is 14.4 Å². The Hall–Kier alpha value is -3.91. The number of aliphatic hydroxyl groups is 1. The maximum Gasteiger partial charge on any atom is 0.296 e. The molecular weight excluding hydrogens is 460 g/mol. The summed E-state index contributed by atoms with van der Waals surface area (Å²) in [5.74, 6) is -2.01. The second kappa shape index (κ2) is 10.4. The average molecular weight is 491 g/mol. The Morgan fingerprint density at radius 3 is 2.47 bits per heavy atom. The van der Waals surface area contributed by atoms with E-state index in [4.69, 9.17) is 9.47 Å². The molecule has 188 valence electrons. The van der Waals surface area contributed by atoms with Gasteiger partial charge in [0, 0.05) is 37.9 Å². The summed E-state index contributed by atoms with van der Waals surface area (Å²) >= 11 is 0. The number of carbonyl (C=O) groups excluding carboxylic acids is 3. The number of hydrogen-bond donors (Lipinski definition) is 1. The molecule has 0 bridgehead atoms. The number of para-hydroxylation sites is 1. The minimum Gasteiger partial charge on any atom is -0.507 e. The highest BCUT2D eigenvalue weighted by Gasteiger charge is 2.66. The number of Topliss-reactive ketones (excluding diaryl/α,β-unsaturated/α-hetero) is 1. The first-order valence-electron chi connectivity index (χ1n) is 12.0. The van der Waals surface area contributed by atoms with E-state index in [-0.39, 0.29) is 18.7 Å². The Morgan fingerprint density at radius 1 is 1.08 bits per heavy atom. The summed E-state index contributed by atoms with van der Waals surface area (Å²) in [5, 5.41) is 11.5. The van der Waals surface area contributed by atoms with E-state index < -0.39 is 28.9 Å². The normalized spacial score (nSPS) is 20.3. The molecule has 8 heteroatoms. The zero-order valence-corrected chi connectivity index (χ0v) is 20.5. The molecular formula is C28H30N2O6. The molecule has 0 radical (unpaired) electrons. The summed E-state index contributed by atoms with van der Waals surface area (Å²) in [6.07, 6.45) is 2.84. The van der Waals surface area contributed by atoms with Crippen molar-refractivity contribution in [1.29, 1.82) is 0 Å². The van der Waals surface area contributed by atoms with E-state index in [1.165, 1.54) is 9.80 Å². The number of methoxy groups -OCH3 is 1. The van der Waals surface area contributed by atoms with E-state index in [1.54, 1.807) is 61.7 Å². The van der Waals surface area contributed by atoms with Gasteiger partial charge in [0.05, 0.1) is 17.9 Å². The number of ketones is 1. The number of anilines is 1. The third-order valence-electron chi connectivity index (χ3n) is 6.45. The van der Waals surface area contributed by atoms with Gasteiger partial charge in [0.15, 0.2) is 5.54 Å². The number of benzene rings is 2. The minimum absolute atomic E-state index is 0.0982. The molecule has 2 heterocycles. The lowest BCUT2D eigenvalue weighted by Crippen LogP contribution is -2.52. The molecule has 0 aliphatic carbocycles. The van der Waals surface area contributed by atoms with Crippen molar-refractivity contribution in [3.05, 3.63) is 77.9 Å². The van der Waals surface area contributed by atoms with Crippen LogP contribution in [-0.4, -0.2) is 61.0 Å². The monoisotopic (exact) mass is 490 g/mol. The average Bonchev–Trinajstić information content (AvgIpc) is 3.27. The molecule has 2 aliphatic heterocycles. The van der Waals surface area contributed by atoms with Crippen molar-refractivity contribution in [2.45, 2.75) is 25.3 Å². The molecule has 1 N–H and O–H groups in total. The van der Waals surface area contributed by atoms with Crippen LogP contribution >= 0.6 is 0 Å². The van der Waals surface area contributed by atoms with Crippen LogP contribution < -0.4 is 9.64 Å². The lowest BCUT2D eigenvalue weighted by Gasteiger charge is -2.34. The summed E-state index contributed by atoms with van der Waals surface area (Å²) < 4.78 is 10.8. The van der Waals surface area contributed by atoms with Crippen molar-refractivity contribution >= 4 is 29.0 Å². The Labute approximate surface area is 210 Å². The van der Waals surface area contributed by atoms with E-state index in [2.05, 4.69) is 6.58 Å². The van der Waals surface area contributed by atoms with E-state index >= 15 is 0 Å². The van der Waals surface area contributed by atoms with Gasteiger partial charge in [0.1, 0.15) is 11.5 Å². The number of rotatable bonds is 10. The highest BCUT2D eigenvalue weighted by Crippen LogP contribution is 2.53. The molecule has 1 saturated heterocycles. The van der Waals surface area contributed by atoms with Gasteiger partial charge < -0.3 is 24.4 Å². The van der Waals surface area contributed by atoms with Gasteiger partial charge in [0.25, 0.3) is 17.6 Å². The van der Waals surface area contributed by atoms with Gasteiger partial charge >= 0.3 is 0 Å². The van der Waals surface area contributed by atoms with Gasteiger partial charge in [-0.2, -0.15) is 0 Å². The van der Waals surface area contributed by atoms with E-state index in [0.717, 1.165) is 6.42 Å². The van der Waals surface area contributed by atoms with Crippen LogP contribution in [0.3, 0.4) is 0 Å². The van der Waals surface area contributed by atoms with Crippen molar-refractivity contribution < 1.29 is 29.0 Å². The van der Waals surface area contributed by atoms with Gasteiger partial charge in [-0.15, -0.1) is 6.58 Å². The third kappa shape index (κ3) is 3.87. The molecule has 4 rings (SSSR count). The standard InChI is InChI=1S/C28H30N2O6/c1-4-15-29-22-10-7-6-9-21(22)28(27(29)34)23(25(32)26(33)30(28)16-8-18-35-3)24(31)19-11-13-20(14-12-19)36-17-5-2/h4,6-7,9-14,31H,1,5,8,15-18H2,2-3H3/b24-23-. The molecule has 1 spiro atoms. The number of aliphatic hydroxyl groups excluding tert-OH is 1. The maximum absolute atomic E-state index is 14.2. The summed E-state index contributed by atoms with van der Waals surface area (Å²) in [6, 6.07) is 13.6. The molecule has 0 saturated carbocycles. The summed E-state index contributed by atoms with van der Waals surface area (Å²) in [5.41, 5.74) is -0.687. The fourth-order valence-corrected chi connectivity index (χ4v) is 4.92. The van der Waals surface area contributed by atoms with Crippen molar-refractivity contribution in [2.24, 2.45) is 0 Å². The Kier molecular flexibility index (Phi) is 7.26. The molecule has 2 amide bonds. The Balaban J connectivity index is 1.94. The first-order valence-corrected chi connectivity index (χ1v) is 12.0. The van der Waals surface area contributed by atoms with E-state index in [1.807, 2.05) is 6.92 Å². The zero-order chi connectivity index (χ0) is 25.9. The number of carbonyl (C=O) groups is 3. The second-order valence-electron chi connectivity index (χ2n) is 8.66. The quantitative estimate of drug-likeness (QED) is 0.180. The Bertz CT molecular complexity index is 1220. The van der Waals surface area contributed by atoms with Crippen LogP contribution in [0, 0.1) is 0 Å². The number of amides is 2. The first-order chi connectivity index (χ1) is 17.4. The zero-order valence-electron chi connectivity index (χ0n) is 20.5. The minimum atomic E-state index is -1.79. The summed E-state index contributed by atoms with van der Waals surface area (Å²) in [4.78, 5) is 43.8. The molecule has 1 fully saturated rings. The number of hydrogen-bond acceptors (Lipinski definition) is 6. The molecule has 0 aromatic heterocycles. The predicted molar refractivity (Wildman–Crippen MR) is 136 cm³/mol. The van der Waals surface area contributed by atoms with Gasteiger partial charge in [-0.05, 0) is 43.2 Å². The van der Waals surface area contributed by atoms with Gasteiger partial charge in [-0.1, -0.05) is 31.2 Å². The van der Waals surface area contributed by atoms with Crippen LogP contribution in [0.2, 0.25) is 0 Å². The van der Waals surface area contributed by atoms with Gasteiger partial charge in [-0.25, -0.2) is 0 Å². The topological polar surface area (TPSA) is 96.4 Å². The van der Waals surface area contributed by atoms with Crippen LogP contribution in [0.1, 0.15) is 30.9 Å². The third-order valence-corrected chi connectivity index (χ3v) is 6.45. The first kappa shape index (κ1) is 25.2. The van der Waals surface area contributed by atoms with Gasteiger partial charge in [0.2, 0.25) is 0 Å². The molecule has 2 aliphatic rings. The number of fused-ring (bicyclic) bond motifs is 2. The van der Waals surface area contributed by atoms with Crippen molar-refractivity contribution in [2.75, 3.05) is 38.3 Å². The lowest BCUT2D eigenvalue weighted by atomic mass is 9.82. The highest BCUT2D eigenvalue weighted by atomic mass is 16.5. The largest absolute Gasteiger partial charge is 0.507 e. The fourth-order valence-electron chi connectivity index (χ4n) is 4.92. The summed E-state index contributed by atoms with van der Waals surface area (Å²) in [6.45, 7) is 6.92. The highest BCUT2D eigenvalue weighted by molar-refractivity contribution is 6.50. The maximum atomic E-state index is 14.2. The molecule has 36 heavy (non-hydrogen) atoms. The van der Waals surface area contributed by atoms with Crippen LogP contribution in [0.5, 0.6) is 5.75 Å². The second-order valence-corrected chi connectivity index (χ2v) is 8.66. The molecule has 2 aromatic carbocycles. The van der Waals surface area contributed by atoms with E-state index in [9.17, 15) is 19.5 Å². The number of ether oxygens (including phenoxy) is 2. The van der Waals surface area contributed by atoms with Crippen molar-refractivity contribution in [3.8, 4) is 5.75 Å². The molecule has 2 aromatic rings. The number of nitrogens with zero attached hydrogens (tertiary/aromatic N) is 2. The molecule has 8 nitrogen and oxygen atoms in total. The SMILES string of the molecule is C=CCN1C(=O)C2(/C(=C(\O)c3ccc(OCCC)cc3)C(=O)C(=O)N2CCCOC)c2ccccc21. The van der Waals surface area contributed by atoms with Crippen LogP contribution in [-0.2, 0) is 24.7 Å². The molecule has 1 atom stereocenters. The van der Waals surface area contributed by atoms with Crippen LogP contribution in [0.25, 0.3) is 5.76 Å². The van der Waals surface area contributed by atoms with Crippen LogP contribution in [0.15, 0.2) is 66.8 Å². The smallest absolute Gasteiger partial charge is 0.296 e. The Morgan fingerprint density at radius 2 is 1.81 bits per heavy atom. The van der Waals surface area contributed by atoms with Crippen molar-refractivity contribution in [3.63, 3.8) is 0 Å². The van der Waals surface area contributed by atoms with Crippen LogP contribution in [0.4, 0.5) is 5.69 Å². The fraction of sp³-hybridized carbons (Fsp3) is 0.321. The number of likely N-dealkylation sites (tertiary alicyclic amines) is 1. The molecule has 1 unspecified atom stereocenters. The van der Waals surface area contributed by atoms with E-state index in [0.29, 0.717) is 42.2 Å². The summed E-state index contributed by atoms with van der Waals surface area (Å²) in [7, 11) is 1.54. The predicted octanol–water partition coefficient (Wildman–Crippen LogP) is 3.62. The lowest BCUT2D eigenvalue weighted by molar-refractivity contribution is -0.143.